The van der Waals surface area contributed by atoms with Gasteiger partial charge in [0.1, 0.15) is 5.75 Å². The molecular weight excluding hydrogens is 332 g/mol. The molecule has 0 aromatic heterocycles. The topological polar surface area (TPSA) is 78.9 Å². The highest BCUT2D eigenvalue weighted by molar-refractivity contribution is 6.30. The lowest BCUT2D eigenvalue weighted by atomic mass is 9.93. The molecule has 1 unspecified atom stereocenters. The molecule has 6 nitrogen and oxygen atoms in total. The summed E-state index contributed by atoms with van der Waals surface area (Å²) < 4.78 is 5.25. The molecule has 0 bridgehead atoms. The van der Waals surface area contributed by atoms with E-state index in [4.69, 9.17) is 21.4 Å². The number of hydrogen-bond donors (Lipinski definition) is 2. The number of carboxylic acid groups (broad SMARTS) is 1. The summed E-state index contributed by atoms with van der Waals surface area (Å²) in [6.45, 7) is 1.50. The molecule has 0 saturated carbocycles. The van der Waals surface area contributed by atoms with Crippen LogP contribution in [-0.2, 0) is 9.59 Å². The van der Waals surface area contributed by atoms with Crippen molar-refractivity contribution in [3.63, 3.8) is 0 Å². The van der Waals surface area contributed by atoms with Crippen LogP contribution in [0.3, 0.4) is 0 Å². The molecule has 1 aromatic carbocycles. The number of benzene rings is 1. The van der Waals surface area contributed by atoms with Gasteiger partial charge in [0.2, 0.25) is 5.91 Å². The smallest absolute Gasteiger partial charge is 0.303 e. The molecule has 24 heavy (non-hydrogen) atoms. The second kappa shape index (κ2) is 8.78. The summed E-state index contributed by atoms with van der Waals surface area (Å²) >= 11 is 5.98. The zero-order valence-electron chi connectivity index (χ0n) is 13.8. The molecular formula is C17H23ClN2O4. The number of carboxylic acids is 1. The van der Waals surface area contributed by atoms with E-state index in [2.05, 4.69) is 5.32 Å². The summed E-state index contributed by atoms with van der Waals surface area (Å²) in [6.07, 6.45) is 2.67. The minimum atomic E-state index is -0.784. The number of piperidine rings is 1. The van der Waals surface area contributed by atoms with Crippen molar-refractivity contribution < 1.29 is 19.4 Å². The standard InChI is InChI=1S/C17H23ClN2O4/c1-24-15-6-5-13(18)9-14(15)19-10-16(21)20-8-2-3-12(11-20)4-7-17(22)23/h5-6,9,12,19H,2-4,7-8,10-11H2,1H3,(H,22,23). The molecule has 0 aliphatic carbocycles. The van der Waals surface area contributed by atoms with Crippen molar-refractivity contribution in [2.75, 3.05) is 32.1 Å². The molecule has 2 rings (SSSR count). The maximum atomic E-state index is 12.4. The first kappa shape index (κ1) is 18.4. The Kier molecular flexibility index (Phi) is 6.73. The maximum Gasteiger partial charge on any atom is 0.303 e. The van der Waals surface area contributed by atoms with E-state index in [1.54, 1.807) is 30.2 Å². The number of methoxy groups -OCH3 is 1. The summed E-state index contributed by atoms with van der Waals surface area (Å²) in [5.74, 6) is 0.106. The fourth-order valence-corrected chi connectivity index (χ4v) is 3.13. The lowest BCUT2D eigenvalue weighted by Gasteiger charge is -2.32. The van der Waals surface area contributed by atoms with Crippen molar-refractivity contribution in [1.82, 2.24) is 4.90 Å². The first-order chi connectivity index (χ1) is 11.5. The first-order valence-corrected chi connectivity index (χ1v) is 8.44. The number of nitrogens with one attached hydrogen (secondary N) is 1. The van der Waals surface area contributed by atoms with Gasteiger partial charge in [0.05, 0.1) is 19.3 Å². The Morgan fingerprint density at radius 3 is 2.96 bits per heavy atom. The van der Waals surface area contributed by atoms with Gasteiger partial charge in [-0.15, -0.1) is 0 Å². The quantitative estimate of drug-likeness (QED) is 0.787. The van der Waals surface area contributed by atoms with Gasteiger partial charge < -0.3 is 20.1 Å². The number of halogens is 1. The second-order valence-electron chi connectivity index (χ2n) is 5.98. The average Bonchev–Trinajstić information content (AvgIpc) is 2.58. The van der Waals surface area contributed by atoms with Gasteiger partial charge in [-0.1, -0.05) is 11.6 Å². The number of carbonyl (C=O) groups is 2. The number of anilines is 1. The maximum absolute atomic E-state index is 12.4. The number of likely N-dealkylation sites (tertiary alicyclic amines) is 1. The van der Waals surface area contributed by atoms with Gasteiger partial charge in [0.25, 0.3) is 0 Å². The molecule has 1 heterocycles. The van der Waals surface area contributed by atoms with Crippen molar-refractivity contribution in [2.45, 2.75) is 25.7 Å². The number of aliphatic carboxylic acids is 1. The van der Waals surface area contributed by atoms with E-state index >= 15 is 0 Å². The molecule has 1 amide bonds. The van der Waals surface area contributed by atoms with E-state index in [1.807, 2.05) is 0 Å². The van der Waals surface area contributed by atoms with E-state index in [-0.39, 0.29) is 24.8 Å². The number of nitrogens with zero attached hydrogens (tertiary/aromatic N) is 1. The lowest BCUT2D eigenvalue weighted by molar-refractivity contribution is -0.137. The van der Waals surface area contributed by atoms with Crippen LogP contribution in [0.2, 0.25) is 5.02 Å². The Morgan fingerprint density at radius 1 is 1.46 bits per heavy atom. The summed E-state index contributed by atoms with van der Waals surface area (Å²) in [7, 11) is 1.56. The zero-order valence-corrected chi connectivity index (χ0v) is 14.5. The van der Waals surface area contributed by atoms with Crippen molar-refractivity contribution in [3.05, 3.63) is 23.2 Å². The number of hydrogen-bond acceptors (Lipinski definition) is 4. The van der Waals surface area contributed by atoms with Crippen molar-refractivity contribution in [1.29, 1.82) is 0 Å². The highest BCUT2D eigenvalue weighted by Gasteiger charge is 2.24. The van der Waals surface area contributed by atoms with Gasteiger partial charge in [-0.25, -0.2) is 0 Å². The number of carbonyl (C=O) groups excluding carboxylic acids is 1. The molecule has 1 atom stereocenters. The van der Waals surface area contributed by atoms with Gasteiger partial charge in [0.15, 0.2) is 0 Å². The summed E-state index contributed by atoms with van der Waals surface area (Å²) in [5, 5.41) is 12.4. The molecule has 1 aromatic rings. The number of rotatable bonds is 7. The Bertz CT molecular complexity index is 594. The minimum absolute atomic E-state index is 0.00273. The fourth-order valence-electron chi connectivity index (χ4n) is 2.96. The minimum Gasteiger partial charge on any atom is -0.495 e. The monoisotopic (exact) mass is 354 g/mol. The van der Waals surface area contributed by atoms with Crippen LogP contribution in [-0.4, -0.2) is 48.6 Å². The third kappa shape index (κ3) is 5.30. The zero-order chi connectivity index (χ0) is 17.5. The number of amides is 1. The predicted octanol–water partition coefficient (Wildman–Crippen LogP) is 2.86. The van der Waals surface area contributed by atoms with Gasteiger partial charge in [-0.2, -0.15) is 0 Å². The van der Waals surface area contributed by atoms with Gasteiger partial charge in [0, 0.05) is 24.5 Å². The number of ether oxygens (including phenoxy) is 1. The fraction of sp³-hybridized carbons (Fsp3) is 0.529. The second-order valence-corrected chi connectivity index (χ2v) is 6.42. The molecule has 0 radical (unpaired) electrons. The molecule has 132 valence electrons. The molecule has 1 saturated heterocycles. The highest BCUT2D eigenvalue weighted by Crippen LogP contribution is 2.27. The molecule has 7 heteroatoms. The molecule has 1 aliphatic heterocycles. The van der Waals surface area contributed by atoms with Crippen LogP contribution in [0.4, 0.5) is 5.69 Å². The summed E-state index contributed by atoms with van der Waals surface area (Å²) in [5.41, 5.74) is 0.679. The van der Waals surface area contributed by atoms with E-state index < -0.39 is 5.97 Å². The van der Waals surface area contributed by atoms with Crippen LogP contribution in [0.15, 0.2) is 18.2 Å². The van der Waals surface area contributed by atoms with Crippen LogP contribution in [0, 0.1) is 5.92 Å². The van der Waals surface area contributed by atoms with Crippen LogP contribution in [0.5, 0.6) is 5.75 Å². The average molecular weight is 355 g/mol. The Morgan fingerprint density at radius 2 is 2.25 bits per heavy atom. The van der Waals surface area contributed by atoms with Crippen molar-refractivity contribution in [2.24, 2.45) is 5.92 Å². The van der Waals surface area contributed by atoms with E-state index in [9.17, 15) is 9.59 Å². The lowest BCUT2D eigenvalue weighted by Crippen LogP contribution is -2.42. The van der Waals surface area contributed by atoms with Crippen LogP contribution < -0.4 is 10.1 Å². The Hall–Kier alpha value is -1.95. The Balaban J connectivity index is 1.88. The third-order valence-electron chi connectivity index (χ3n) is 4.23. The van der Waals surface area contributed by atoms with Gasteiger partial charge in [-0.05, 0) is 43.4 Å². The van der Waals surface area contributed by atoms with Crippen molar-refractivity contribution >= 4 is 29.2 Å². The van der Waals surface area contributed by atoms with Crippen LogP contribution in [0.25, 0.3) is 0 Å². The Labute approximate surface area is 146 Å². The van der Waals surface area contributed by atoms with Crippen LogP contribution in [0.1, 0.15) is 25.7 Å². The van der Waals surface area contributed by atoms with E-state index in [0.29, 0.717) is 29.4 Å². The summed E-state index contributed by atoms with van der Waals surface area (Å²) in [4.78, 5) is 24.9. The van der Waals surface area contributed by atoms with Gasteiger partial charge >= 0.3 is 5.97 Å². The van der Waals surface area contributed by atoms with Crippen molar-refractivity contribution in [3.8, 4) is 5.75 Å². The normalized spacial score (nSPS) is 17.4. The largest absolute Gasteiger partial charge is 0.495 e. The highest BCUT2D eigenvalue weighted by atomic mass is 35.5. The van der Waals surface area contributed by atoms with E-state index in [0.717, 1.165) is 19.4 Å². The molecule has 1 fully saturated rings. The first-order valence-electron chi connectivity index (χ1n) is 8.06. The van der Waals surface area contributed by atoms with Crippen LogP contribution >= 0.6 is 11.6 Å². The van der Waals surface area contributed by atoms with Gasteiger partial charge in [-0.3, -0.25) is 9.59 Å². The summed E-state index contributed by atoms with van der Waals surface area (Å²) in [6, 6.07) is 5.20. The third-order valence-corrected chi connectivity index (χ3v) is 4.46. The molecule has 2 N–H and O–H groups in total. The molecule has 1 aliphatic rings. The predicted molar refractivity (Wildman–Crippen MR) is 92.7 cm³/mol. The van der Waals surface area contributed by atoms with E-state index in [1.165, 1.54) is 0 Å². The SMILES string of the molecule is COc1ccc(Cl)cc1NCC(=O)N1CCCC(CCC(=O)O)C1. The molecule has 0 spiro atoms.